The van der Waals surface area contributed by atoms with Crippen LogP contribution in [0.3, 0.4) is 0 Å². The fourth-order valence-corrected chi connectivity index (χ4v) is 6.13. The van der Waals surface area contributed by atoms with Gasteiger partial charge < -0.3 is 9.73 Å². The molecule has 31 heavy (non-hydrogen) atoms. The molecule has 2 bridgehead atoms. The van der Waals surface area contributed by atoms with Gasteiger partial charge in [0.2, 0.25) is 17.7 Å². The first-order valence-corrected chi connectivity index (χ1v) is 11.0. The Balaban J connectivity index is 1.30. The largest absolute Gasteiger partial charge is 0.467 e. The van der Waals surface area contributed by atoms with Gasteiger partial charge in [-0.1, -0.05) is 42.5 Å². The van der Waals surface area contributed by atoms with Crippen molar-refractivity contribution < 1.29 is 18.8 Å². The molecule has 1 aromatic carbocycles. The Labute approximate surface area is 180 Å². The zero-order valence-electron chi connectivity index (χ0n) is 17.0. The van der Waals surface area contributed by atoms with Crippen LogP contribution in [0.15, 0.2) is 65.3 Å². The smallest absolute Gasteiger partial charge is 0.244 e. The maximum absolute atomic E-state index is 13.5. The van der Waals surface area contributed by atoms with E-state index in [2.05, 4.69) is 17.5 Å². The summed E-state index contributed by atoms with van der Waals surface area (Å²) in [4.78, 5) is 41.6. The molecule has 2 saturated carbocycles. The van der Waals surface area contributed by atoms with Crippen molar-refractivity contribution in [1.29, 1.82) is 0 Å². The van der Waals surface area contributed by atoms with Gasteiger partial charge in [-0.05, 0) is 47.8 Å². The molecule has 1 aromatic heterocycles. The number of nitrogens with zero attached hydrogens (tertiary/aromatic N) is 1. The van der Waals surface area contributed by atoms with Crippen molar-refractivity contribution >= 4 is 17.7 Å². The number of amides is 3. The maximum atomic E-state index is 13.5. The van der Waals surface area contributed by atoms with E-state index in [-0.39, 0.29) is 47.9 Å². The van der Waals surface area contributed by atoms with E-state index in [0.717, 1.165) is 12.0 Å². The topological polar surface area (TPSA) is 79.6 Å². The fraction of sp³-hybridized carbons (Fsp3) is 0.400. The standard InChI is InChI=1S/C25H24N2O4/c28-23(26-13-15-7-4-10-31-15)20(11-14-5-2-1-3-6-14)27-24(29)21-16-8-9-17(19-12-18(16)19)22(21)25(27)30/h1-10,16-22H,11-13H2,(H,26,28). The molecule has 7 unspecified atom stereocenters. The zero-order chi connectivity index (χ0) is 21.1. The molecular formula is C25H24N2O4. The maximum Gasteiger partial charge on any atom is 0.244 e. The van der Waals surface area contributed by atoms with Crippen molar-refractivity contribution in [1.82, 2.24) is 10.2 Å². The SMILES string of the molecule is O=C(NCc1ccco1)C(Cc1ccccc1)N1C(=O)C2C3C=CC(C4CC34)C2C1=O. The number of hydrogen-bond acceptors (Lipinski definition) is 4. The van der Waals surface area contributed by atoms with Crippen LogP contribution in [0.1, 0.15) is 17.7 Å². The second-order valence-corrected chi connectivity index (χ2v) is 9.20. The molecule has 3 fully saturated rings. The van der Waals surface area contributed by atoms with Crippen molar-refractivity contribution in [2.24, 2.45) is 35.5 Å². The van der Waals surface area contributed by atoms with E-state index in [1.54, 1.807) is 18.4 Å². The summed E-state index contributed by atoms with van der Waals surface area (Å²) in [6, 6.07) is 12.2. The van der Waals surface area contributed by atoms with E-state index in [9.17, 15) is 14.4 Å². The molecule has 1 aliphatic heterocycles. The Bertz CT molecular complexity index is 1020. The molecule has 0 radical (unpaired) electrons. The molecule has 6 nitrogen and oxygen atoms in total. The van der Waals surface area contributed by atoms with Gasteiger partial charge >= 0.3 is 0 Å². The Morgan fingerprint density at radius 2 is 1.68 bits per heavy atom. The lowest BCUT2D eigenvalue weighted by Crippen LogP contribution is -2.51. The van der Waals surface area contributed by atoms with E-state index >= 15 is 0 Å². The van der Waals surface area contributed by atoms with Gasteiger partial charge in [0.25, 0.3) is 0 Å². The van der Waals surface area contributed by atoms with E-state index in [1.165, 1.54) is 4.90 Å². The molecule has 6 heteroatoms. The van der Waals surface area contributed by atoms with Crippen LogP contribution >= 0.6 is 0 Å². The lowest BCUT2D eigenvalue weighted by molar-refractivity contribution is -0.148. The molecule has 2 aromatic rings. The first kappa shape index (κ1) is 18.6. The van der Waals surface area contributed by atoms with Crippen molar-refractivity contribution in [3.8, 4) is 0 Å². The number of hydrogen-bond donors (Lipinski definition) is 1. The lowest BCUT2D eigenvalue weighted by atomic mass is 9.63. The highest BCUT2D eigenvalue weighted by Crippen LogP contribution is 2.65. The van der Waals surface area contributed by atoms with Crippen LogP contribution in [0, 0.1) is 35.5 Å². The predicted molar refractivity (Wildman–Crippen MR) is 111 cm³/mol. The van der Waals surface area contributed by atoms with Crippen LogP contribution in [0.5, 0.6) is 0 Å². The minimum absolute atomic E-state index is 0.144. The third-order valence-corrected chi connectivity index (χ3v) is 7.60. The molecule has 5 aliphatic rings. The fourth-order valence-electron chi connectivity index (χ4n) is 6.13. The van der Waals surface area contributed by atoms with Gasteiger partial charge in [-0.2, -0.15) is 0 Å². The summed E-state index contributed by atoms with van der Waals surface area (Å²) in [6.07, 6.45) is 7.27. The van der Waals surface area contributed by atoms with Gasteiger partial charge in [0.05, 0.1) is 24.6 Å². The van der Waals surface area contributed by atoms with Crippen LogP contribution in [0.4, 0.5) is 0 Å². The van der Waals surface area contributed by atoms with Crippen LogP contribution in [-0.2, 0) is 27.3 Å². The highest BCUT2D eigenvalue weighted by atomic mass is 16.3. The molecule has 1 saturated heterocycles. The van der Waals surface area contributed by atoms with Crippen molar-refractivity contribution in [3.63, 3.8) is 0 Å². The second-order valence-electron chi connectivity index (χ2n) is 9.20. The van der Waals surface area contributed by atoms with Gasteiger partial charge in [-0.3, -0.25) is 19.3 Å². The minimum atomic E-state index is -0.862. The lowest BCUT2D eigenvalue weighted by Gasteiger charge is -2.37. The van der Waals surface area contributed by atoms with E-state index in [1.807, 2.05) is 30.3 Å². The number of rotatable bonds is 6. The Morgan fingerprint density at radius 1 is 1.00 bits per heavy atom. The molecule has 3 amide bonds. The summed E-state index contributed by atoms with van der Waals surface area (Å²) in [7, 11) is 0. The third-order valence-electron chi connectivity index (χ3n) is 7.60. The van der Waals surface area contributed by atoms with Gasteiger partial charge in [0, 0.05) is 6.42 Å². The van der Waals surface area contributed by atoms with E-state index in [0.29, 0.717) is 24.0 Å². The molecule has 7 rings (SSSR count). The van der Waals surface area contributed by atoms with Gasteiger partial charge in [-0.15, -0.1) is 0 Å². The Morgan fingerprint density at radius 3 is 2.29 bits per heavy atom. The zero-order valence-corrected chi connectivity index (χ0v) is 17.0. The monoisotopic (exact) mass is 416 g/mol. The average molecular weight is 416 g/mol. The van der Waals surface area contributed by atoms with E-state index in [4.69, 9.17) is 4.42 Å². The van der Waals surface area contributed by atoms with Crippen LogP contribution in [0.25, 0.3) is 0 Å². The molecule has 1 N–H and O–H groups in total. The molecule has 0 spiro atoms. The summed E-state index contributed by atoms with van der Waals surface area (Å²) in [6.45, 7) is 0.219. The summed E-state index contributed by atoms with van der Waals surface area (Å²) >= 11 is 0. The van der Waals surface area contributed by atoms with Crippen molar-refractivity contribution in [2.45, 2.75) is 25.4 Å². The first-order chi connectivity index (χ1) is 15.1. The van der Waals surface area contributed by atoms with Crippen LogP contribution in [0.2, 0.25) is 0 Å². The van der Waals surface area contributed by atoms with Crippen molar-refractivity contribution in [2.75, 3.05) is 0 Å². The number of carbonyl (C=O) groups excluding carboxylic acids is 3. The summed E-state index contributed by atoms with van der Waals surface area (Å²) in [5.74, 6) is 0.705. The molecule has 158 valence electrons. The number of imide groups is 1. The highest BCUT2D eigenvalue weighted by Gasteiger charge is 2.67. The van der Waals surface area contributed by atoms with Gasteiger partial charge in [-0.25, -0.2) is 0 Å². The molecule has 7 atom stereocenters. The van der Waals surface area contributed by atoms with Crippen molar-refractivity contribution in [3.05, 3.63) is 72.2 Å². The molecule has 2 heterocycles. The minimum Gasteiger partial charge on any atom is -0.467 e. The quantitative estimate of drug-likeness (QED) is 0.580. The van der Waals surface area contributed by atoms with E-state index < -0.39 is 6.04 Å². The van der Waals surface area contributed by atoms with Gasteiger partial charge in [0.1, 0.15) is 11.8 Å². The summed E-state index contributed by atoms with van der Waals surface area (Å²) in [5, 5.41) is 2.87. The number of furan rings is 1. The Kier molecular flexibility index (Phi) is 4.16. The van der Waals surface area contributed by atoms with Gasteiger partial charge in [0.15, 0.2) is 0 Å². The molecular weight excluding hydrogens is 392 g/mol. The summed E-state index contributed by atoms with van der Waals surface area (Å²) in [5.41, 5.74) is 0.917. The number of benzene rings is 1. The molecule has 4 aliphatic carbocycles. The Hall–Kier alpha value is -3.15. The third kappa shape index (κ3) is 2.88. The number of carbonyl (C=O) groups is 3. The van der Waals surface area contributed by atoms with Crippen LogP contribution in [-0.4, -0.2) is 28.7 Å². The number of likely N-dealkylation sites (tertiary alicyclic amines) is 1. The number of nitrogens with one attached hydrogen (secondary N) is 1. The predicted octanol–water partition coefficient (Wildman–Crippen LogP) is 2.56. The van der Waals surface area contributed by atoms with Crippen LogP contribution < -0.4 is 5.32 Å². The second kappa shape index (κ2) is 6.94. The average Bonchev–Trinajstić information content (AvgIpc) is 3.38. The summed E-state index contributed by atoms with van der Waals surface area (Å²) < 4.78 is 5.31. The number of allylic oxidation sites excluding steroid dienone is 2. The normalized spacial score (nSPS) is 33.2. The highest BCUT2D eigenvalue weighted by molar-refractivity contribution is 6.09. The first-order valence-electron chi connectivity index (χ1n) is 11.0.